The Hall–Kier alpha value is -0.790. The number of ether oxygens (including phenoxy) is 1. The zero-order chi connectivity index (χ0) is 15.2. The van der Waals surface area contributed by atoms with Crippen molar-refractivity contribution in [1.82, 2.24) is 0 Å². The van der Waals surface area contributed by atoms with E-state index in [1.807, 2.05) is 0 Å². The topological polar surface area (TPSA) is 43.4 Å². The molecule has 0 atom stereocenters. The number of hydrogen-bond donors (Lipinski definition) is 0. The van der Waals surface area contributed by atoms with Crippen molar-refractivity contribution < 1.29 is 56.6 Å². The van der Waals surface area contributed by atoms with Gasteiger partial charge in [0.1, 0.15) is 0 Å². The molecule has 0 spiro atoms. The molecule has 0 rings (SSSR count). The lowest BCUT2D eigenvalue weighted by molar-refractivity contribution is -0.478. The minimum absolute atomic E-state index is 1.38. The lowest BCUT2D eigenvalue weighted by atomic mass is 10.3. The van der Waals surface area contributed by atoms with E-state index >= 15 is 0 Å². The highest BCUT2D eigenvalue weighted by atomic mass is 32.3. The molecule has 0 saturated heterocycles. The van der Waals surface area contributed by atoms with Crippen molar-refractivity contribution in [2.45, 2.75) is 23.6 Å². The van der Waals surface area contributed by atoms with E-state index < -0.39 is 33.9 Å². The average Bonchev–Trinajstić information content (AvgIpc) is 1.95. The van der Waals surface area contributed by atoms with Gasteiger partial charge in [-0.3, -0.25) is 0 Å². The van der Waals surface area contributed by atoms with Gasteiger partial charge in [-0.05, 0) is 0 Å². The summed E-state index contributed by atoms with van der Waals surface area (Å²) >= 11 is 0. The molecular formula is C4F10O3S. The maximum Gasteiger partial charge on any atom is 0.527 e. The van der Waals surface area contributed by atoms with E-state index in [0.29, 0.717) is 0 Å². The summed E-state index contributed by atoms with van der Waals surface area (Å²) in [6.07, 6.45) is -13.5. The second-order valence-corrected chi connectivity index (χ2v) is 3.98. The third-order valence-corrected chi connectivity index (χ3v) is 2.15. The predicted molar refractivity (Wildman–Crippen MR) is 32.0 cm³/mol. The Balaban J connectivity index is 5.65. The van der Waals surface area contributed by atoms with Crippen LogP contribution in [0.15, 0.2) is 0 Å². The minimum atomic E-state index is -7.61. The molecule has 0 saturated carbocycles. The van der Waals surface area contributed by atoms with Crippen molar-refractivity contribution in [2.24, 2.45) is 0 Å². The Morgan fingerprint density at radius 3 is 1.33 bits per heavy atom. The Labute approximate surface area is 91.5 Å². The van der Waals surface area contributed by atoms with Crippen molar-refractivity contribution in [3.05, 3.63) is 0 Å². The Morgan fingerprint density at radius 1 is 0.778 bits per heavy atom. The molecule has 0 aromatic heterocycles. The van der Waals surface area contributed by atoms with Gasteiger partial charge in [-0.15, -0.1) is 13.2 Å². The fraction of sp³-hybridized carbons (Fsp3) is 1.00. The fourth-order valence-corrected chi connectivity index (χ4v) is 0.957. The number of hydrogen-bond acceptors (Lipinski definition) is 3. The van der Waals surface area contributed by atoms with Crippen LogP contribution in [0.25, 0.3) is 0 Å². The van der Waals surface area contributed by atoms with Crippen LogP contribution in [0.2, 0.25) is 0 Å². The molecule has 0 fully saturated rings. The first kappa shape index (κ1) is 17.2. The molecule has 110 valence electrons. The lowest BCUT2D eigenvalue weighted by Crippen LogP contribution is -2.59. The summed E-state index contributed by atoms with van der Waals surface area (Å²) in [7, 11) is -7.61. The monoisotopic (exact) mass is 318 g/mol. The molecule has 0 aromatic carbocycles. The molecule has 0 amide bonds. The van der Waals surface area contributed by atoms with E-state index in [0.717, 1.165) is 0 Å². The normalized spacial score (nSPS) is 15.9. The van der Waals surface area contributed by atoms with Crippen molar-refractivity contribution in [3.8, 4) is 0 Å². The highest BCUT2D eigenvalue weighted by molar-refractivity contribution is 7.87. The molecule has 14 heteroatoms. The Morgan fingerprint density at radius 2 is 1.11 bits per heavy atom. The van der Waals surface area contributed by atoms with Crippen LogP contribution in [0.4, 0.5) is 43.4 Å². The summed E-state index contributed by atoms with van der Waals surface area (Å²) in [6.45, 7) is 0. The van der Waals surface area contributed by atoms with Crippen molar-refractivity contribution in [1.29, 1.82) is 0 Å². The Bertz CT molecular complexity index is 407. The summed E-state index contributed by atoms with van der Waals surface area (Å²) in [5.41, 5.74) is 0. The quantitative estimate of drug-likeness (QED) is 0.591. The smallest absolute Gasteiger partial charge is 0.221 e. The molecule has 0 aliphatic carbocycles. The van der Waals surface area contributed by atoms with Gasteiger partial charge in [-0.2, -0.15) is 34.8 Å². The van der Waals surface area contributed by atoms with E-state index in [1.54, 1.807) is 0 Å². The second-order valence-electron chi connectivity index (χ2n) is 2.59. The number of rotatable bonds is 4. The maximum absolute atomic E-state index is 12.3. The van der Waals surface area contributed by atoms with Gasteiger partial charge in [0, 0.05) is 0 Å². The van der Waals surface area contributed by atoms with Crippen molar-refractivity contribution >= 4 is 10.2 Å². The number of alkyl halides is 9. The molecule has 0 aliphatic heterocycles. The third-order valence-electron chi connectivity index (χ3n) is 1.28. The van der Waals surface area contributed by atoms with Crippen LogP contribution >= 0.6 is 0 Å². The van der Waals surface area contributed by atoms with Gasteiger partial charge in [-0.1, -0.05) is 3.89 Å². The van der Waals surface area contributed by atoms with Crippen LogP contribution in [0.3, 0.4) is 0 Å². The molecular weight excluding hydrogens is 318 g/mol. The largest absolute Gasteiger partial charge is 0.527 e. The van der Waals surface area contributed by atoms with Gasteiger partial charge in [0.15, 0.2) is 0 Å². The molecule has 0 aliphatic rings. The van der Waals surface area contributed by atoms with E-state index in [2.05, 4.69) is 0 Å². The predicted octanol–water partition coefficient (Wildman–Crippen LogP) is 2.64. The first-order chi connectivity index (χ1) is 7.46. The van der Waals surface area contributed by atoms with Crippen LogP contribution in [0.1, 0.15) is 0 Å². The lowest BCUT2D eigenvalue weighted by Gasteiger charge is -2.29. The van der Waals surface area contributed by atoms with Crippen molar-refractivity contribution in [2.75, 3.05) is 0 Å². The van der Waals surface area contributed by atoms with Gasteiger partial charge < -0.3 is 0 Å². The van der Waals surface area contributed by atoms with E-state index in [1.165, 1.54) is 4.74 Å². The highest BCUT2D eigenvalue weighted by Crippen LogP contribution is 2.51. The molecule has 0 bridgehead atoms. The maximum atomic E-state index is 12.3. The van der Waals surface area contributed by atoms with Crippen molar-refractivity contribution in [3.63, 3.8) is 0 Å². The van der Waals surface area contributed by atoms with E-state index in [-0.39, 0.29) is 0 Å². The van der Waals surface area contributed by atoms with Crippen LogP contribution in [-0.4, -0.2) is 32.1 Å². The van der Waals surface area contributed by atoms with Gasteiger partial charge in [-0.25, -0.2) is 4.74 Å². The van der Waals surface area contributed by atoms with Gasteiger partial charge >= 0.3 is 33.9 Å². The SMILES string of the molecule is O=S(=O)(F)C(F)(F)C(F)(F)C(F)(F)OC(F)(F)F. The molecule has 0 aromatic rings. The molecule has 0 unspecified atom stereocenters. The molecule has 3 nitrogen and oxygen atoms in total. The standard InChI is InChI=1S/C4F10O3S/c5-1(6,3(9,10)18(14,15)16)2(7,8)17-4(11,12)13. The minimum Gasteiger partial charge on any atom is -0.221 e. The molecule has 0 heterocycles. The van der Waals surface area contributed by atoms with Crippen LogP contribution < -0.4 is 0 Å². The zero-order valence-corrected chi connectivity index (χ0v) is 8.23. The third kappa shape index (κ3) is 2.96. The summed E-state index contributed by atoms with van der Waals surface area (Å²) in [5.74, 6) is -7.29. The average molecular weight is 318 g/mol. The van der Waals surface area contributed by atoms with Crippen LogP contribution in [0.5, 0.6) is 0 Å². The highest BCUT2D eigenvalue weighted by Gasteiger charge is 2.81. The first-order valence-electron chi connectivity index (χ1n) is 3.30. The van der Waals surface area contributed by atoms with E-state index in [4.69, 9.17) is 0 Å². The second kappa shape index (κ2) is 4.11. The van der Waals surface area contributed by atoms with Gasteiger partial charge in [0.2, 0.25) is 0 Å². The summed E-state index contributed by atoms with van der Waals surface area (Å²) in [5, 5.41) is -7.12. The van der Waals surface area contributed by atoms with Crippen LogP contribution in [-0.2, 0) is 15.0 Å². The molecule has 0 radical (unpaired) electrons. The summed E-state index contributed by atoms with van der Waals surface area (Å²) < 4.78 is 139. The van der Waals surface area contributed by atoms with Crippen LogP contribution in [0, 0.1) is 0 Å². The summed E-state index contributed by atoms with van der Waals surface area (Å²) in [6, 6.07) is 0. The molecule has 0 N–H and O–H groups in total. The fourth-order valence-electron chi connectivity index (χ4n) is 0.532. The Kier molecular flexibility index (Phi) is 3.93. The van der Waals surface area contributed by atoms with Gasteiger partial charge in [0.25, 0.3) is 0 Å². The number of halogens is 10. The molecule has 18 heavy (non-hydrogen) atoms. The van der Waals surface area contributed by atoms with E-state index in [9.17, 15) is 51.8 Å². The first-order valence-corrected chi connectivity index (χ1v) is 4.68. The zero-order valence-electron chi connectivity index (χ0n) is 7.41. The summed E-state index contributed by atoms with van der Waals surface area (Å²) in [4.78, 5) is 0. The van der Waals surface area contributed by atoms with Gasteiger partial charge in [0.05, 0.1) is 0 Å².